The van der Waals surface area contributed by atoms with Gasteiger partial charge in [0.15, 0.2) is 21.3 Å². The van der Waals surface area contributed by atoms with Crippen molar-refractivity contribution < 1.29 is 22.3 Å². The van der Waals surface area contributed by atoms with E-state index in [0.29, 0.717) is 11.5 Å². The number of nitrogens with zero attached hydrogens (tertiary/aromatic N) is 1. The number of methoxy groups -OCH3 is 1. The molecule has 5 aromatic rings. The zero-order valence-corrected chi connectivity index (χ0v) is 24.2. The summed E-state index contributed by atoms with van der Waals surface area (Å²) in [6.07, 6.45) is 2.89. The third kappa shape index (κ3) is 4.64. The third-order valence-electron chi connectivity index (χ3n) is 8.60. The number of aromatic nitrogens is 1. The molecule has 42 heavy (non-hydrogen) atoms. The van der Waals surface area contributed by atoms with E-state index in [1.54, 1.807) is 43.5 Å². The fourth-order valence-corrected chi connectivity index (χ4v) is 7.20. The van der Waals surface area contributed by atoms with Gasteiger partial charge in [0, 0.05) is 35.4 Å². The summed E-state index contributed by atoms with van der Waals surface area (Å²) in [6, 6.07) is 26.3. The van der Waals surface area contributed by atoms with Gasteiger partial charge in [-0.05, 0) is 83.1 Å². The Bertz CT molecular complexity index is 1900. The maximum atomic E-state index is 14.0. The number of benzene rings is 4. The van der Waals surface area contributed by atoms with Crippen molar-refractivity contribution in [1.82, 2.24) is 9.88 Å². The van der Waals surface area contributed by atoms with E-state index in [-0.39, 0.29) is 29.4 Å². The van der Waals surface area contributed by atoms with Crippen molar-refractivity contribution in [2.24, 2.45) is 0 Å². The Morgan fingerprint density at radius 1 is 0.976 bits per heavy atom. The number of nitrogens with one attached hydrogen (secondary N) is 1. The van der Waals surface area contributed by atoms with Crippen LogP contribution in [0.1, 0.15) is 45.6 Å². The van der Waals surface area contributed by atoms with Crippen LogP contribution in [0.25, 0.3) is 10.9 Å². The van der Waals surface area contributed by atoms with Gasteiger partial charge in [-0.15, -0.1) is 0 Å². The fraction of sp³-hybridized carbons (Fsp3) is 0.235. The van der Waals surface area contributed by atoms with Gasteiger partial charge in [-0.25, -0.2) is 12.8 Å². The Morgan fingerprint density at radius 3 is 2.48 bits per heavy atom. The van der Waals surface area contributed by atoms with Crippen LogP contribution >= 0.6 is 0 Å². The van der Waals surface area contributed by atoms with E-state index in [1.807, 2.05) is 18.2 Å². The molecule has 0 radical (unpaired) electrons. The van der Waals surface area contributed by atoms with Crippen LogP contribution in [0.4, 0.5) is 4.39 Å². The van der Waals surface area contributed by atoms with Crippen molar-refractivity contribution in [3.8, 4) is 11.5 Å². The molecule has 2 aliphatic heterocycles. The molecule has 3 heterocycles. The molecule has 0 aliphatic carbocycles. The second kappa shape index (κ2) is 10.3. The summed E-state index contributed by atoms with van der Waals surface area (Å²) in [5, 5.41) is 1.22. The molecule has 0 amide bonds. The molecule has 8 heteroatoms. The lowest BCUT2D eigenvalue weighted by atomic mass is 9.80. The van der Waals surface area contributed by atoms with Crippen LogP contribution in [0.5, 0.6) is 11.5 Å². The average molecular weight is 583 g/mol. The molecule has 0 bridgehead atoms. The molecule has 2 atom stereocenters. The van der Waals surface area contributed by atoms with E-state index in [1.165, 1.54) is 34.0 Å². The highest BCUT2D eigenvalue weighted by molar-refractivity contribution is 7.90. The molecule has 0 saturated carbocycles. The summed E-state index contributed by atoms with van der Waals surface area (Å²) >= 11 is 0. The van der Waals surface area contributed by atoms with Crippen molar-refractivity contribution in [1.29, 1.82) is 0 Å². The maximum absolute atomic E-state index is 14.0. The van der Waals surface area contributed by atoms with Crippen LogP contribution < -0.4 is 9.47 Å². The lowest BCUT2D eigenvalue weighted by molar-refractivity contribution is 0.127. The first-order chi connectivity index (χ1) is 20.3. The lowest BCUT2D eigenvalue weighted by Crippen LogP contribution is -2.43. The number of sulfone groups is 1. The van der Waals surface area contributed by atoms with E-state index in [0.717, 1.165) is 36.0 Å². The van der Waals surface area contributed by atoms with Gasteiger partial charge in [0.05, 0.1) is 18.0 Å². The van der Waals surface area contributed by atoms with Crippen LogP contribution in [0.2, 0.25) is 0 Å². The van der Waals surface area contributed by atoms with Crippen molar-refractivity contribution in [3.63, 3.8) is 0 Å². The van der Waals surface area contributed by atoms with E-state index < -0.39 is 9.84 Å². The number of halogens is 1. The first-order valence-electron chi connectivity index (χ1n) is 14.0. The Hall–Kier alpha value is -4.14. The summed E-state index contributed by atoms with van der Waals surface area (Å²) in [7, 11) is -1.62. The number of hydrogen-bond donors (Lipinski definition) is 1. The number of ether oxygens (including phenoxy) is 2. The van der Waals surface area contributed by atoms with E-state index in [9.17, 15) is 12.8 Å². The van der Waals surface area contributed by atoms with Crippen molar-refractivity contribution in [2.75, 3.05) is 19.9 Å². The molecule has 0 saturated heterocycles. The number of hydrogen-bond acceptors (Lipinski definition) is 5. The standard InChI is InChI=1S/C34H31FN2O4S/c1-40-31-17-23-15-16-37-30(27(23)19-32(31)41-20-21-7-13-25(14-8-21)42(2,38)39)18-28-26-5-3-4-6-29(26)36-33(28)34(37)22-9-11-24(35)12-10-22/h3-14,17,19,30,34,36H,15-16,18,20H2,1-2H3. The second-order valence-corrected chi connectivity index (χ2v) is 13.1. The normalized spacial score (nSPS) is 18.3. The Morgan fingerprint density at radius 2 is 1.74 bits per heavy atom. The van der Waals surface area contributed by atoms with E-state index in [4.69, 9.17) is 9.47 Å². The van der Waals surface area contributed by atoms with Crippen LogP contribution in [-0.4, -0.2) is 38.2 Å². The van der Waals surface area contributed by atoms with Gasteiger partial charge < -0.3 is 14.5 Å². The van der Waals surface area contributed by atoms with E-state index in [2.05, 4.69) is 40.2 Å². The quantitative estimate of drug-likeness (QED) is 0.246. The Kier molecular flexibility index (Phi) is 6.55. The van der Waals surface area contributed by atoms with Crippen LogP contribution in [0.3, 0.4) is 0 Å². The largest absolute Gasteiger partial charge is 0.493 e. The Labute approximate surface area is 244 Å². The number of para-hydroxylation sites is 1. The van der Waals surface area contributed by atoms with Crippen molar-refractivity contribution in [2.45, 2.75) is 36.4 Å². The smallest absolute Gasteiger partial charge is 0.175 e. The fourth-order valence-electron chi connectivity index (χ4n) is 6.57. The van der Waals surface area contributed by atoms with Gasteiger partial charge in [0.2, 0.25) is 0 Å². The molecule has 0 spiro atoms. The topological polar surface area (TPSA) is 71.6 Å². The number of H-pyrrole nitrogens is 1. The maximum Gasteiger partial charge on any atom is 0.175 e. The molecule has 2 aliphatic rings. The number of rotatable bonds is 6. The summed E-state index contributed by atoms with van der Waals surface area (Å²) < 4.78 is 49.7. The summed E-state index contributed by atoms with van der Waals surface area (Å²) in [5.41, 5.74) is 7.92. The van der Waals surface area contributed by atoms with Crippen LogP contribution in [0, 0.1) is 5.82 Å². The third-order valence-corrected chi connectivity index (χ3v) is 9.73. The van der Waals surface area contributed by atoms with Gasteiger partial charge in [-0.1, -0.05) is 42.5 Å². The first kappa shape index (κ1) is 26.7. The minimum absolute atomic E-state index is 0.0419. The summed E-state index contributed by atoms with van der Waals surface area (Å²) in [6.45, 7) is 1.13. The van der Waals surface area contributed by atoms with Crippen LogP contribution in [0.15, 0.2) is 89.8 Å². The average Bonchev–Trinajstić information content (AvgIpc) is 3.37. The molecule has 6 nitrogen and oxygen atoms in total. The SMILES string of the molecule is COc1cc2c(cc1OCc1ccc(S(C)(=O)=O)cc1)C1Cc3c([nH]c4ccccc34)C(c3ccc(F)cc3)N1CC2. The van der Waals surface area contributed by atoms with Crippen molar-refractivity contribution >= 4 is 20.7 Å². The molecule has 1 aromatic heterocycles. The molecule has 0 fully saturated rings. The van der Waals surface area contributed by atoms with E-state index >= 15 is 0 Å². The van der Waals surface area contributed by atoms with Gasteiger partial charge in [-0.2, -0.15) is 0 Å². The highest BCUT2D eigenvalue weighted by Gasteiger charge is 2.41. The molecule has 1 N–H and O–H groups in total. The van der Waals surface area contributed by atoms with Gasteiger partial charge in [-0.3, -0.25) is 4.90 Å². The van der Waals surface area contributed by atoms with Gasteiger partial charge in [0.1, 0.15) is 12.4 Å². The van der Waals surface area contributed by atoms with Crippen molar-refractivity contribution in [3.05, 3.63) is 124 Å². The van der Waals surface area contributed by atoms with Gasteiger partial charge in [0.25, 0.3) is 0 Å². The zero-order valence-electron chi connectivity index (χ0n) is 23.4. The predicted molar refractivity (Wildman–Crippen MR) is 160 cm³/mol. The predicted octanol–water partition coefficient (Wildman–Crippen LogP) is 6.54. The zero-order chi connectivity index (χ0) is 29.0. The highest BCUT2D eigenvalue weighted by atomic mass is 32.2. The molecule has 214 valence electrons. The number of aromatic amines is 1. The monoisotopic (exact) mass is 582 g/mol. The number of fused-ring (bicyclic) bond motifs is 6. The molecular formula is C34H31FN2O4S. The second-order valence-electron chi connectivity index (χ2n) is 11.1. The van der Waals surface area contributed by atoms with Crippen LogP contribution in [-0.2, 0) is 29.3 Å². The molecular weight excluding hydrogens is 551 g/mol. The lowest BCUT2D eigenvalue weighted by Gasteiger charge is -2.46. The summed E-state index contributed by atoms with van der Waals surface area (Å²) in [4.78, 5) is 6.50. The Balaban J connectivity index is 1.27. The molecule has 7 rings (SSSR count). The summed E-state index contributed by atoms with van der Waals surface area (Å²) in [5.74, 6) is 1.08. The molecule has 4 aromatic carbocycles. The minimum atomic E-state index is -3.26. The minimum Gasteiger partial charge on any atom is -0.493 e. The molecule has 2 unspecified atom stereocenters. The highest BCUT2D eigenvalue weighted by Crippen LogP contribution is 2.49. The van der Waals surface area contributed by atoms with Gasteiger partial charge >= 0.3 is 0 Å². The first-order valence-corrected chi connectivity index (χ1v) is 15.9.